The van der Waals surface area contributed by atoms with Crippen molar-refractivity contribution >= 4 is 5.91 Å². The van der Waals surface area contributed by atoms with Crippen LogP contribution in [-0.4, -0.2) is 37.5 Å². The predicted molar refractivity (Wildman–Crippen MR) is 53.5 cm³/mol. The molecule has 1 amide bonds. The van der Waals surface area contributed by atoms with Gasteiger partial charge in [-0.05, 0) is 25.3 Å². The van der Waals surface area contributed by atoms with E-state index in [1.165, 1.54) is 12.8 Å². The predicted octanol–water partition coefficient (Wildman–Crippen LogP) is 0.853. The summed E-state index contributed by atoms with van der Waals surface area (Å²) in [4.78, 5) is 13.2. The Labute approximate surface area is 80.5 Å². The lowest BCUT2D eigenvalue weighted by Gasteiger charge is -2.15. The van der Waals surface area contributed by atoms with Crippen molar-refractivity contribution in [2.45, 2.75) is 32.2 Å². The standard InChI is InChI=1S/C10H20N2O/c1-4-5-8-6-9(11-7-8)10(13)12(2)3/h8-9,11H,4-7H2,1-3H3/t8-,9?/m0/s1. The average Bonchev–Trinajstić information content (AvgIpc) is 2.52. The first-order chi connectivity index (χ1) is 6.15. The van der Waals surface area contributed by atoms with E-state index in [4.69, 9.17) is 0 Å². The minimum atomic E-state index is 0.0755. The molecule has 2 atom stereocenters. The zero-order chi connectivity index (χ0) is 9.84. The Morgan fingerprint density at radius 1 is 1.54 bits per heavy atom. The average molecular weight is 184 g/mol. The molecule has 1 fully saturated rings. The molecule has 13 heavy (non-hydrogen) atoms. The van der Waals surface area contributed by atoms with Crippen LogP contribution in [0.25, 0.3) is 0 Å². The molecule has 1 N–H and O–H groups in total. The minimum Gasteiger partial charge on any atom is -0.347 e. The number of amides is 1. The van der Waals surface area contributed by atoms with E-state index in [1.54, 1.807) is 4.90 Å². The van der Waals surface area contributed by atoms with Crippen molar-refractivity contribution in [3.05, 3.63) is 0 Å². The second kappa shape index (κ2) is 4.61. The lowest BCUT2D eigenvalue weighted by atomic mass is 10.00. The van der Waals surface area contributed by atoms with Crippen LogP contribution in [-0.2, 0) is 4.79 Å². The summed E-state index contributed by atoms with van der Waals surface area (Å²) in [5.41, 5.74) is 0. The Bertz CT molecular complexity index is 180. The van der Waals surface area contributed by atoms with Gasteiger partial charge in [-0.2, -0.15) is 0 Å². The van der Waals surface area contributed by atoms with Gasteiger partial charge in [-0.25, -0.2) is 0 Å². The zero-order valence-corrected chi connectivity index (χ0v) is 8.84. The minimum absolute atomic E-state index is 0.0755. The van der Waals surface area contributed by atoms with E-state index >= 15 is 0 Å². The Hall–Kier alpha value is -0.570. The summed E-state index contributed by atoms with van der Waals surface area (Å²) in [7, 11) is 3.63. The third-order valence-corrected chi connectivity index (χ3v) is 2.66. The maximum absolute atomic E-state index is 11.6. The molecule has 1 rings (SSSR count). The second-order valence-electron chi connectivity index (χ2n) is 4.08. The number of carbonyl (C=O) groups is 1. The molecule has 1 saturated heterocycles. The SMILES string of the molecule is CCC[C@@H]1CNC(C(=O)N(C)C)C1. The fourth-order valence-electron chi connectivity index (χ4n) is 1.94. The number of nitrogens with one attached hydrogen (secondary N) is 1. The Balaban J connectivity index is 2.36. The van der Waals surface area contributed by atoms with Gasteiger partial charge >= 0.3 is 0 Å². The summed E-state index contributed by atoms with van der Waals surface area (Å²) >= 11 is 0. The molecule has 3 heteroatoms. The van der Waals surface area contributed by atoms with Gasteiger partial charge in [0.1, 0.15) is 0 Å². The van der Waals surface area contributed by atoms with Crippen LogP contribution in [0.15, 0.2) is 0 Å². The van der Waals surface area contributed by atoms with Crippen LogP contribution < -0.4 is 5.32 Å². The van der Waals surface area contributed by atoms with Gasteiger partial charge in [-0.15, -0.1) is 0 Å². The molecule has 76 valence electrons. The topological polar surface area (TPSA) is 32.3 Å². The molecule has 0 saturated carbocycles. The lowest BCUT2D eigenvalue weighted by Crippen LogP contribution is -2.39. The molecular formula is C10H20N2O. The van der Waals surface area contributed by atoms with Gasteiger partial charge in [-0.3, -0.25) is 4.79 Å². The molecule has 0 spiro atoms. The summed E-state index contributed by atoms with van der Waals surface area (Å²) in [5, 5.41) is 3.28. The highest BCUT2D eigenvalue weighted by atomic mass is 16.2. The van der Waals surface area contributed by atoms with Gasteiger partial charge in [0.05, 0.1) is 6.04 Å². The van der Waals surface area contributed by atoms with E-state index in [0.29, 0.717) is 5.92 Å². The summed E-state index contributed by atoms with van der Waals surface area (Å²) in [6.45, 7) is 3.21. The number of carbonyl (C=O) groups excluding carboxylic acids is 1. The largest absolute Gasteiger partial charge is 0.347 e. The van der Waals surface area contributed by atoms with E-state index in [1.807, 2.05) is 14.1 Å². The molecule has 0 aliphatic carbocycles. The molecule has 1 aliphatic rings. The summed E-state index contributed by atoms with van der Waals surface area (Å²) in [6, 6.07) is 0.0755. The van der Waals surface area contributed by atoms with Crippen molar-refractivity contribution in [2.24, 2.45) is 5.92 Å². The van der Waals surface area contributed by atoms with Gasteiger partial charge in [-0.1, -0.05) is 13.3 Å². The van der Waals surface area contributed by atoms with Gasteiger partial charge in [0, 0.05) is 14.1 Å². The first kappa shape index (κ1) is 10.5. The van der Waals surface area contributed by atoms with Crippen LogP contribution in [0.3, 0.4) is 0 Å². The van der Waals surface area contributed by atoms with Crippen molar-refractivity contribution in [3.8, 4) is 0 Å². The van der Waals surface area contributed by atoms with E-state index in [-0.39, 0.29) is 11.9 Å². The Morgan fingerprint density at radius 2 is 2.23 bits per heavy atom. The molecule has 0 aromatic rings. The monoisotopic (exact) mass is 184 g/mol. The van der Waals surface area contributed by atoms with Crippen LogP contribution >= 0.6 is 0 Å². The van der Waals surface area contributed by atoms with Gasteiger partial charge < -0.3 is 10.2 Å². The molecule has 0 radical (unpaired) electrons. The van der Waals surface area contributed by atoms with Crippen LogP contribution in [0.4, 0.5) is 0 Å². The molecule has 1 heterocycles. The molecular weight excluding hydrogens is 164 g/mol. The van der Waals surface area contributed by atoms with Crippen LogP contribution in [0.1, 0.15) is 26.2 Å². The number of hydrogen-bond acceptors (Lipinski definition) is 2. The van der Waals surface area contributed by atoms with Gasteiger partial charge in [0.2, 0.25) is 5.91 Å². The van der Waals surface area contributed by atoms with E-state index in [9.17, 15) is 4.79 Å². The number of rotatable bonds is 3. The molecule has 3 nitrogen and oxygen atoms in total. The third kappa shape index (κ3) is 2.69. The van der Waals surface area contributed by atoms with Crippen molar-refractivity contribution in [1.29, 1.82) is 0 Å². The number of hydrogen-bond donors (Lipinski definition) is 1. The first-order valence-electron chi connectivity index (χ1n) is 5.09. The van der Waals surface area contributed by atoms with Crippen LogP contribution in [0, 0.1) is 5.92 Å². The molecule has 1 aliphatic heterocycles. The van der Waals surface area contributed by atoms with Crippen molar-refractivity contribution < 1.29 is 4.79 Å². The van der Waals surface area contributed by atoms with Gasteiger partial charge in [0.25, 0.3) is 0 Å². The normalized spacial score (nSPS) is 27.6. The third-order valence-electron chi connectivity index (χ3n) is 2.66. The highest BCUT2D eigenvalue weighted by Gasteiger charge is 2.29. The molecule has 1 unspecified atom stereocenters. The maximum atomic E-state index is 11.6. The van der Waals surface area contributed by atoms with Crippen molar-refractivity contribution in [2.75, 3.05) is 20.6 Å². The van der Waals surface area contributed by atoms with E-state index in [0.717, 1.165) is 13.0 Å². The van der Waals surface area contributed by atoms with E-state index < -0.39 is 0 Å². The highest BCUT2D eigenvalue weighted by Crippen LogP contribution is 2.19. The lowest BCUT2D eigenvalue weighted by molar-refractivity contribution is -0.130. The maximum Gasteiger partial charge on any atom is 0.239 e. The van der Waals surface area contributed by atoms with Gasteiger partial charge in [0.15, 0.2) is 0 Å². The number of likely N-dealkylation sites (N-methyl/N-ethyl adjacent to an activating group) is 1. The van der Waals surface area contributed by atoms with Crippen molar-refractivity contribution in [1.82, 2.24) is 10.2 Å². The zero-order valence-electron chi connectivity index (χ0n) is 8.84. The summed E-state index contributed by atoms with van der Waals surface area (Å²) < 4.78 is 0. The fraction of sp³-hybridized carbons (Fsp3) is 0.900. The molecule has 0 bridgehead atoms. The first-order valence-corrected chi connectivity index (χ1v) is 5.09. The van der Waals surface area contributed by atoms with E-state index in [2.05, 4.69) is 12.2 Å². The molecule has 0 aromatic heterocycles. The Kier molecular flexibility index (Phi) is 3.72. The summed E-state index contributed by atoms with van der Waals surface area (Å²) in [6.07, 6.45) is 3.48. The molecule has 0 aromatic carbocycles. The van der Waals surface area contributed by atoms with Crippen molar-refractivity contribution in [3.63, 3.8) is 0 Å². The Morgan fingerprint density at radius 3 is 2.77 bits per heavy atom. The van der Waals surface area contributed by atoms with Crippen LogP contribution in [0.5, 0.6) is 0 Å². The summed E-state index contributed by atoms with van der Waals surface area (Å²) in [5.74, 6) is 0.928. The van der Waals surface area contributed by atoms with Crippen LogP contribution in [0.2, 0.25) is 0 Å². The quantitative estimate of drug-likeness (QED) is 0.705. The smallest absolute Gasteiger partial charge is 0.239 e. The highest BCUT2D eigenvalue weighted by molar-refractivity contribution is 5.81. The second-order valence-corrected chi connectivity index (χ2v) is 4.08. The fourth-order valence-corrected chi connectivity index (χ4v) is 1.94. The number of nitrogens with zero attached hydrogens (tertiary/aromatic N) is 1.